The van der Waals surface area contributed by atoms with Gasteiger partial charge in [0.25, 0.3) is 0 Å². The maximum atomic E-state index is 11.6. The fourth-order valence-corrected chi connectivity index (χ4v) is 1.37. The molecule has 2 nitrogen and oxygen atoms in total. The van der Waals surface area contributed by atoms with Gasteiger partial charge in [-0.25, -0.2) is 0 Å². The number of rotatable bonds is 4. The first-order valence-electron chi connectivity index (χ1n) is 4.54. The summed E-state index contributed by atoms with van der Waals surface area (Å²) >= 11 is 11.5. The van der Waals surface area contributed by atoms with Crippen LogP contribution < -0.4 is 0 Å². The van der Waals surface area contributed by atoms with E-state index in [-0.39, 0.29) is 18.0 Å². The molecule has 0 saturated heterocycles. The minimum atomic E-state index is -0.222. The van der Waals surface area contributed by atoms with Crippen molar-refractivity contribution in [2.45, 2.75) is 19.8 Å². The van der Waals surface area contributed by atoms with Gasteiger partial charge in [0.05, 0.1) is 16.5 Å². The van der Waals surface area contributed by atoms with Crippen LogP contribution in [-0.4, -0.2) is 11.6 Å². The fourth-order valence-electron chi connectivity index (χ4n) is 1.08. The van der Waals surface area contributed by atoms with E-state index in [4.69, 9.17) is 23.2 Å². The van der Waals surface area contributed by atoms with Crippen molar-refractivity contribution in [2.24, 2.45) is 0 Å². The summed E-state index contributed by atoms with van der Waals surface area (Å²) in [5.41, 5.74) is 0.422. The van der Waals surface area contributed by atoms with Gasteiger partial charge in [0.15, 0.2) is 5.78 Å². The van der Waals surface area contributed by atoms with Crippen LogP contribution in [0, 0.1) is 0 Å². The molecule has 4 heteroatoms. The molecule has 0 radical (unpaired) electrons. The lowest BCUT2D eigenvalue weighted by molar-refractivity contribution is -0.117. The molecule has 0 amide bonds. The maximum absolute atomic E-state index is 11.6. The third-order valence-corrected chi connectivity index (χ3v) is 2.73. The van der Waals surface area contributed by atoms with Crippen molar-refractivity contribution in [1.82, 2.24) is 0 Å². The van der Waals surface area contributed by atoms with Crippen molar-refractivity contribution in [3.05, 3.63) is 33.8 Å². The number of hydrogen-bond donors (Lipinski definition) is 0. The van der Waals surface area contributed by atoms with Gasteiger partial charge in [0.2, 0.25) is 0 Å². The van der Waals surface area contributed by atoms with Crippen molar-refractivity contribution in [3.63, 3.8) is 0 Å². The summed E-state index contributed by atoms with van der Waals surface area (Å²) in [7, 11) is 0. The van der Waals surface area contributed by atoms with Crippen molar-refractivity contribution < 1.29 is 9.59 Å². The molecule has 15 heavy (non-hydrogen) atoms. The second-order valence-corrected chi connectivity index (χ2v) is 3.94. The van der Waals surface area contributed by atoms with Gasteiger partial charge in [-0.05, 0) is 18.2 Å². The van der Waals surface area contributed by atoms with Crippen LogP contribution in [0.1, 0.15) is 30.1 Å². The molecule has 0 atom stereocenters. The summed E-state index contributed by atoms with van der Waals surface area (Å²) in [5, 5.41) is 0.724. The Hall–Kier alpha value is -0.860. The van der Waals surface area contributed by atoms with E-state index in [0.717, 1.165) is 0 Å². The Morgan fingerprint density at radius 3 is 2.40 bits per heavy atom. The lowest BCUT2D eigenvalue weighted by atomic mass is 10.1. The van der Waals surface area contributed by atoms with Crippen LogP contribution in [0.2, 0.25) is 10.0 Å². The molecule has 1 rings (SSSR count). The zero-order valence-corrected chi connectivity index (χ0v) is 9.73. The smallest absolute Gasteiger partial charge is 0.170 e. The molecular weight excluding hydrogens is 235 g/mol. The number of ketones is 2. The normalized spacial score (nSPS) is 10.1. The van der Waals surface area contributed by atoms with Gasteiger partial charge in [0.1, 0.15) is 5.78 Å². The highest BCUT2D eigenvalue weighted by atomic mass is 35.5. The Bertz CT molecular complexity index is 400. The number of carbonyl (C=O) groups is 2. The van der Waals surface area contributed by atoms with Crippen LogP contribution >= 0.6 is 23.2 Å². The van der Waals surface area contributed by atoms with Crippen LogP contribution in [0.15, 0.2) is 18.2 Å². The van der Waals surface area contributed by atoms with E-state index < -0.39 is 0 Å². The summed E-state index contributed by atoms with van der Waals surface area (Å²) in [6, 6.07) is 4.60. The molecule has 0 aromatic heterocycles. The average molecular weight is 245 g/mol. The van der Waals surface area contributed by atoms with Crippen LogP contribution in [-0.2, 0) is 4.79 Å². The first kappa shape index (κ1) is 12.2. The number of benzene rings is 1. The number of Topliss-reactive ketones (excluding diaryl/α,β-unsaturated/α-hetero) is 2. The molecule has 1 aromatic rings. The molecule has 0 aliphatic carbocycles. The van der Waals surface area contributed by atoms with Gasteiger partial charge < -0.3 is 0 Å². The molecule has 0 bridgehead atoms. The maximum Gasteiger partial charge on any atom is 0.170 e. The molecule has 0 heterocycles. The molecule has 0 saturated carbocycles. The highest BCUT2D eigenvalue weighted by Crippen LogP contribution is 2.23. The zero-order valence-electron chi connectivity index (χ0n) is 8.22. The molecular formula is C11H10Cl2O2. The predicted octanol–water partition coefficient (Wildman–Crippen LogP) is 3.55. The fraction of sp³-hybridized carbons (Fsp3) is 0.273. The van der Waals surface area contributed by atoms with E-state index in [2.05, 4.69) is 0 Å². The molecule has 0 unspecified atom stereocenters. The standard InChI is InChI=1S/C11H10Cl2O2/c1-2-8(14)6-11(15)7-3-4-9(12)10(13)5-7/h3-5H,2,6H2,1H3. The van der Waals surface area contributed by atoms with Crippen LogP contribution in [0.3, 0.4) is 0 Å². The second kappa shape index (κ2) is 5.29. The third kappa shape index (κ3) is 3.33. The van der Waals surface area contributed by atoms with Crippen LogP contribution in [0.4, 0.5) is 0 Å². The highest BCUT2D eigenvalue weighted by Gasteiger charge is 2.11. The van der Waals surface area contributed by atoms with Gasteiger partial charge >= 0.3 is 0 Å². The first-order chi connectivity index (χ1) is 7.04. The summed E-state index contributed by atoms with van der Waals surface area (Å²) < 4.78 is 0. The minimum absolute atomic E-state index is 0.0749. The number of halogens is 2. The van der Waals surface area contributed by atoms with E-state index in [1.54, 1.807) is 19.1 Å². The zero-order chi connectivity index (χ0) is 11.4. The Morgan fingerprint density at radius 2 is 1.87 bits per heavy atom. The summed E-state index contributed by atoms with van der Waals surface area (Å²) in [4.78, 5) is 22.6. The summed E-state index contributed by atoms with van der Waals surface area (Å²) in [6.45, 7) is 1.73. The lowest BCUT2D eigenvalue weighted by Gasteiger charge is -2.01. The van der Waals surface area contributed by atoms with E-state index in [1.165, 1.54) is 6.07 Å². The molecule has 0 fully saturated rings. The molecule has 0 aliphatic rings. The topological polar surface area (TPSA) is 34.1 Å². The van der Waals surface area contributed by atoms with E-state index in [1.807, 2.05) is 0 Å². The van der Waals surface area contributed by atoms with Gasteiger partial charge in [-0.1, -0.05) is 30.1 Å². The van der Waals surface area contributed by atoms with Gasteiger partial charge in [-0.2, -0.15) is 0 Å². The first-order valence-corrected chi connectivity index (χ1v) is 5.30. The van der Waals surface area contributed by atoms with E-state index >= 15 is 0 Å². The summed E-state index contributed by atoms with van der Waals surface area (Å²) in [6.07, 6.45) is 0.293. The van der Waals surface area contributed by atoms with Crippen LogP contribution in [0.25, 0.3) is 0 Å². The molecule has 0 N–H and O–H groups in total. The predicted molar refractivity (Wildman–Crippen MR) is 60.7 cm³/mol. The van der Waals surface area contributed by atoms with Crippen LogP contribution in [0.5, 0.6) is 0 Å². The van der Waals surface area contributed by atoms with Crippen molar-refractivity contribution in [2.75, 3.05) is 0 Å². The minimum Gasteiger partial charge on any atom is -0.299 e. The quantitative estimate of drug-likeness (QED) is 0.600. The Balaban J connectivity index is 2.83. The van der Waals surface area contributed by atoms with Crippen molar-refractivity contribution in [3.8, 4) is 0 Å². The Labute approximate surface area is 98.2 Å². The monoisotopic (exact) mass is 244 g/mol. The molecule has 80 valence electrons. The third-order valence-electron chi connectivity index (χ3n) is 1.99. The van der Waals surface area contributed by atoms with Gasteiger partial charge in [-0.15, -0.1) is 0 Å². The van der Waals surface area contributed by atoms with Gasteiger partial charge in [0, 0.05) is 12.0 Å². The van der Waals surface area contributed by atoms with E-state index in [9.17, 15) is 9.59 Å². The van der Waals surface area contributed by atoms with Crippen molar-refractivity contribution in [1.29, 1.82) is 0 Å². The average Bonchev–Trinajstić information content (AvgIpc) is 2.21. The summed E-state index contributed by atoms with van der Waals surface area (Å²) in [5.74, 6) is -0.300. The Morgan fingerprint density at radius 1 is 1.20 bits per heavy atom. The number of carbonyl (C=O) groups excluding carboxylic acids is 2. The largest absolute Gasteiger partial charge is 0.299 e. The van der Waals surface area contributed by atoms with Gasteiger partial charge in [-0.3, -0.25) is 9.59 Å². The SMILES string of the molecule is CCC(=O)CC(=O)c1ccc(Cl)c(Cl)c1. The van der Waals surface area contributed by atoms with E-state index in [0.29, 0.717) is 22.0 Å². The lowest BCUT2D eigenvalue weighted by Crippen LogP contribution is -2.06. The number of hydrogen-bond acceptors (Lipinski definition) is 2. The highest BCUT2D eigenvalue weighted by molar-refractivity contribution is 6.42. The molecule has 1 aromatic carbocycles. The Kier molecular flexibility index (Phi) is 4.30. The van der Waals surface area contributed by atoms with Crippen molar-refractivity contribution >= 4 is 34.8 Å². The second-order valence-electron chi connectivity index (χ2n) is 3.12. The molecule has 0 aliphatic heterocycles. The molecule has 0 spiro atoms.